The van der Waals surface area contributed by atoms with Crippen molar-refractivity contribution in [3.8, 4) is 5.75 Å². The Kier molecular flexibility index (Phi) is 6.09. The van der Waals surface area contributed by atoms with Crippen LogP contribution in [0.2, 0.25) is 0 Å². The van der Waals surface area contributed by atoms with Crippen LogP contribution in [0.25, 0.3) is 5.70 Å². The maximum absolute atomic E-state index is 12.6. The second-order valence-electron chi connectivity index (χ2n) is 5.28. The predicted octanol–water partition coefficient (Wildman–Crippen LogP) is 4.96. The van der Waals surface area contributed by atoms with E-state index in [0.29, 0.717) is 17.2 Å². The molecule has 0 saturated heterocycles. The van der Waals surface area contributed by atoms with Gasteiger partial charge in [0, 0.05) is 18.3 Å². The van der Waals surface area contributed by atoms with Crippen LogP contribution in [-0.2, 0) is 6.18 Å². The molecule has 5 heteroatoms. The van der Waals surface area contributed by atoms with Crippen LogP contribution in [0, 0.1) is 5.92 Å². The number of halogens is 3. The summed E-state index contributed by atoms with van der Waals surface area (Å²) in [6.07, 6.45) is 0.486. The molecule has 0 aliphatic heterocycles. The number of hydrogen-bond donors (Lipinski definition) is 2. The number of nitrogens with one attached hydrogen (secondary N) is 1. The van der Waals surface area contributed by atoms with Crippen LogP contribution >= 0.6 is 0 Å². The molecule has 0 spiro atoms. The third kappa shape index (κ3) is 4.55. The van der Waals surface area contributed by atoms with Gasteiger partial charge in [0.25, 0.3) is 0 Å². The molecule has 0 fully saturated rings. The average Bonchev–Trinajstić information content (AvgIpc) is 2.45. The summed E-state index contributed by atoms with van der Waals surface area (Å²) in [7, 11) is 1.67. The highest BCUT2D eigenvalue weighted by Gasteiger charge is 2.31. The van der Waals surface area contributed by atoms with Crippen molar-refractivity contribution in [2.45, 2.75) is 33.4 Å². The van der Waals surface area contributed by atoms with E-state index in [2.05, 4.69) is 19.2 Å². The Morgan fingerprint density at radius 2 is 2.00 bits per heavy atom. The minimum Gasteiger partial charge on any atom is -0.507 e. The highest BCUT2D eigenvalue weighted by molar-refractivity contribution is 5.73. The van der Waals surface area contributed by atoms with Crippen LogP contribution in [0.5, 0.6) is 5.75 Å². The zero-order valence-corrected chi connectivity index (χ0v) is 13.3. The van der Waals surface area contributed by atoms with E-state index in [9.17, 15) is 18.3 Å². The van der Waals surface area contributed by atoms with Gasteiger partial charge in [-0.15, -0.1) is 0 Å². The van der Waals surface area contributed by atoms with Gasteiger partial charge < -0.3 is 10.4 Å². The molecule has 0 heterocycles. The summed E-state index contributed by atoms with van der Waals surface area (Å²) in [4.78, 5) is 0. The van der Waals surface area contributed by atoms with Crippen LogP contribution in [0.4, 0.5) is 13.2 Å². The lowest BCUT2D eigenvalue weighted by Crippen LogP contribution is -2.09. The van der Waals surface area contributed by atoms with Crippen LogP contribution < -0.4 is 5.32 Å². The number of allylic oxidation sites excluding steroid dienone is 3. The maximum atomic E-state index is 12.6. The fourth-order valence-corrected chi connectivity index (χ4v) is 1.99. The van der Waals surface area contributed by atoms with E-state index in [4.69, 9.17) is 0 Å². The highest BCUT2D eigenvalue weighted by atomic mass is 19.4. The highest BCUT2D eigenvalue weighted by Crippen LogP contribution is 2.35. The summed E-state index contributed by atoms with van der Waals surface area (Å²) in [5.41, 5.74) is 0.933. The normalized spacial score (nSPS) is 14.9. The van der Waals surface area contributed by atoms with Gasteiger partial charge in [0.05, 0.1) is 5.56 Å². The fourth-order valence-electron chi connectivity index (χ4n) is 1.99. The average molecular weight is 313 g/mol. The number of hydrogen-bond acceptors (Lipinski definition) is 2. The summed E-state index contributed by atoms with van der Waals surface area (Å²) in [6.45, 7) is 6.01. The lowest BCUT2D eigenvalue weighted by molar-refractivity contribution is -0.137. The zero-order chi connectivity index (χ0) is 16.9. The largest absolute Gasteiger partial charge is 0.507 e. The van der Waals surface area contributed by atoms with Gasteiger partial charge in [0.2, 0.25) is 0 Å². The number of phenols is 1. The van der Waals surface area contributed by atoms with Crippen molar-refractivity contribution in [1.82, 2.24) is 5.32 Å². The Morgan fingerprint density at radius 3 is 2.45 bits per heavy atom. The summed E-state index contributed by atoms with van der Waals surface area (Å²) in [5.74, 6) is 0.0183. The standard InChI is InChI=1S/C17H22F3NO/c1-5-11(2)6-7-12(3)16(21-4)14-9-8-13(10-15(14)22)17(18,19)20/h6-11,21-22H,5H2,1-4H3/b7-6-,16-12-. The molecule has 1 atom stereocenters. The van der Waals surface area contributed by atoms with Gasteiger partial charge in [-0.1, -0.05) is 32.4 Å². The topological polar surface area (TPSA) is 32.3 Å². The molecule has 1 unspecified atom stereocenters. The first kappa shape index (κ1) is 18.1. The van der Waals surface area contributed by atoms with E-state index < -0.39 is 17.5 Å². The summed E-state index contributed by atoms with van der Waals surface area (Å²) in [5, 5.41) is 12.9. The quantitative estimate of drug-likeness (QED) is 0.753. The van der Waals surface area contributed by atoms with Crippen molar-refractivity contribution in [3.05, 3.63) is 47.1 Å². The first-order chi connectivity index (χ1) is 10.2. The van der Waals surface area contributed by atoms with Gasteiger partial charge >= 0.3 is 6.18 Å². The molecular weight excluding hydrogens is 291 g/mol. The Balaban J connectivity index is 3.23. The van der Waals surface area contributed by atoms with Gasteiger partial charge in [0.1, 0.15) is 5.75 Å². The molecule has 0 saturated carbocycles. The van der Waals surface area contributed by atoms with Crippen LogP contribution in [0.3, 0.4) is 0 Å². The molecular formula is C17H22F3NO. The third-order valence-corrected chi connectivity index (χ3v) is 3.56. The molecule has 1 aromatic rings. The number of aromatic hydroxyl groups is 1. The second-order valence-corrected chi connectivity index (χ2v) is 5.28. The molecule has 22 heavy (non-hydrogen) atoms. The molecule has 0 bridgehead atoms. The molecule has 0 aliphatic carbocycles. The smallest absolute Gasteiger partial charge is 0.416 e. The van der Waals surface area contributed by atoms with Crippen molar-refractivity contribution in [2.24, 2.45) is 5.92 Å². The van der Waals surface area contributed by atoms with Crippen molar-refractivity contribution >= 4 is 5.70 Å². The molecule has 0 radical (unpaired) electrons. The van der Waals surface area contributed by atoms with Crippen LogP contribution in [0.1, 0.15) is 38.3 Å². The van der Waals surface area contributed by atoms with E-state index in [1.807, 2.05) is 19.1 Å². The predicted molar refractivity (Wildman–Crippen MR) is 83.4 cm³/mol. The SMILES string of the molecule is CCC(C)/C=C\C(C)=C(/NC)c1ccc(C(F)(F)F)cc1O. The minimum atomic E-state index is -4.47. The zero-order valence-electron chi connectivity index (χ0n) is 13.3. The molecule has 0 aliphatic rings. The summed E-state index contributed by atoms with van der Waals surface area (Å²) < 4.78 is 37.9. The number of alkyl halides is 3. The summed E-state index contributed by atoms with van der Waals surface area (Å²) in [6, 6.07) is 3.00. The molecule has 1 rings (SSSR count). The third-order valence-electron chi connectivity index (χ3n) is 3.56. The second kappa shape index (κ2) is 7.38. The first-order valence-electron chi connectivity index (χ1n) is 7.18. The molecule has 1 aromatic carbocycles. The fraction of sp³-hybridized carbons (Fsp3) is 0.412. The molecule has 0 amide bonds. The van der Waals surface area contributed by atoms with Crippen molar-refractivity contribution < 1.29 is 18.3 Å². The van der Waals surface area contributed by atoms with Crippen molar-refractivity contribution in [1.29, 1.82) is 0 Å². The van der Waals surface area contributed by atoms with Crippen LogP contribution in [-0.4, -0.2) is 12.2 Å². The van der Waals surface area contributed by atoms with Gasteiger partial charge in [-0.05, 0) is 36.6 Å². The van der Waals surface area contributed by atoms with Crippen LogP contribution in [0.15, 0.2) is 35.9 Å². The minimum absolute atomic E-state index is 0.349. The Bertz CT molecular complexity index is 574. The van der Waals surface area contributed by atoms with E-state index in [-0.39, 0.29) is 0 Å². The summed E-state index contributed by atoms with van der Waals surface area (Å²) >= 11 is 0. The first-order valence-corrected chi connectivity index (χ1v) is 7.18. The molecule has 2 N–H and O–H groups in total. The van der Waals surface area contributed by atoms with Gasteiger partial charge in [-0.25, -0.2) is 0 Å². The number of phenolic OH excluding ortho intramolecular Hbond substituents is 1. The maximum Gasteiger partial charge on any atom is 0.416 e. The Morgan fingerprint density at radius 1 is 1.36 bits per heavy atom. The van der Waals surface area contributed by atoms with Gasteiger partial charge in [-0.2, -0.15) is 13.2 Å². The lowest BCUT2D eigenvalue weighted by Gasteiger charge is -2.14. The lowest BCUT2D eigenvalue weighted by atomic mass is 10.0. The Labute approximate surface area is 129 Å². The number of rotatable bonds is 5. The van der Waals surface area contributed by atoms with E-state index in [1.165, 1.54) is 6.07 Å². The number of benzene rings is 1. The van der Waals surface area contributed by atoms with Gasteiger partial charge in [0.15, 0.2) is 0 Å². The molecule has 122 valence electrons. The van der Waals surface area contributed by atoms with E-state index >= 15 is 0 Å². The molecule has 0 aromatic heterocycles. The Hall–Kier alpha value is -1.91. The monoisotopic (exact) mass is 313 g/mol. The van der Waals surface area contributed by atoms with E-state index in [1.54, 1.807) is 7.05 Å². The van der Waals surface area contributed by atoms with Crippen molar-refractivity contribution in [3.63, 3.8) is 0 Å². The molecule has 2 nitrogen and oxygen atoms in total. The van der Waals surface area contributed by atoms with Gasteiger partial charge in [-0.3, -0.25) is 0 Å². The van der Waals surface area contributed by atoms with E-state index in [0.717, 1.165) is 24.1 Å². The van der Waals surface area contributed by atoms with Crippen molar-refractivity contribution in [2.75, 3.05) is 7.05 Å².